The number of nitrogens with zero attached hydrogens (tertiary/aromatic N) is 2. The van der Waals surface area contributed by atoms with Crippen molar-refractivity contribution < 1.29 is 13.9 Å². The fourth-order valence-electron chi connectivity index (χ4n) is 2.99. The van der Waals surface area contributed by atoms with Gasteiger partial charge in [-0.2, -0.15) is 0 Å². The van der Waals surface area contributed by atoms with E-state index in [1.807, 2.05) is 19.1 Å². The summed E-state index contributed by atoms with van der Waals surface area (Å²) in [5.41, 5.74) is 0.830. The molecule has 150 valence electrons. The van der Waals surface area contributed by atoms with Crippen LogP contribution in [0.1, 0.15) is 32.3 Å². The van der Waals surface area contributed by atoms with Gasteiger partial charge in [-0.1, -0.05) is 0 Å². The van der Waals surface area contributed by atoms with E-state index in [1.165, 1.54) is 12.1 Å². The van der Waals surface area contributed by atoms with Crippen LogP contribution in [0.5, 0.6) is 11.6 Å². The second-order valence-electron chi connectivity index (χ2n) is 7.01. The number of guanidine groups is 1. The summed E-state index contributed by atoms with van der Waals surface area (Å²) in [5, 5.41) is 6.62. The zero-order valence-electron chi connectivity index (χ0n) is 16.4. The van der Waals surface area contributed by atoms with Gasteiger partial charge >= 0.3 is 0 Å². The molecular weight excluding hydrogens is 359 g/mol. The van der Waals surface area contributed by atoms with Gasteiger partial charge in [-0.25, -0.2) is 14.4 Å². The lowest BCUT2D eigenvalue weighted by atomic mass is 10.0. The first-order chi connectivity index (χ1) is 13.6. The van der Waals surface area contributed by atoms with Crippen molar-refractivity contribution in [3.63, 3.8) is 0 Å². The van der Waals surface area contributed by atoms with Crippen LogP contribution in [-0.2, 0) is 11.3 Å². The predicted octanol–water partition coefficient (Wildman–Crippen LogP) is 3.64. The Kier molecular flexibility index (Phi) is 6.81. The maximum atomic E-state index is 13.0. The van der Waals surface area contributed by atoms with Crippen LogP contribution in [0.15, 0.2) is 47.6 Å². The van der Waals surface area contributed by atoms with Crippen molar-refractivity contribution in [3.05, 3.63) is 54.0 Å². The lowest BCUT2D eigenvalue weighted by Gasteiger charge is -2.24. The summed E-state index contributed by atoms with van der Waals surface area (Å²) in [7, 11) is 0. The van der Waals surface area contributed by atoms with E-state index in [1.54, 1.807) is 18.3 Å². The molecule has 0 amide bonds. The second kappa shape index (κ2) is 9.50. The molecule has 3 rings (SSSR count). The minimum absolute atomic E-state index is 0.136. The summed E-state index contributed by atoms with van der Waals surface area (Å²) in [4.78, 5) is 8.85. The first kappa shape index (κ1) is 20.1. The molecule has 1 fully saturated rings. The second-order valence-corrected chi connectivity index (χ2v) is 7.01. The number of hydrogen-bond acceptors (Lipinski definition) is 4. The Morgan fingerprint density at radius 2 is 2.11 bits per heavy atom. The molecule has 2 heterocycles. The first-order valence-electron chi connectivity index (χ1n) is 9.61. The topological polar surface area (TPSA) is 67.8 Å². The van der Waals surface area contributed by atoms with E-state index in [2.05, 4.69) is 27.5 Å². The monoisotopic (exact) mass is 386 g/mol. The number of benzene rings is 1. The summed E-state index contributed by atoms with van der Waals surface area (Å²) in [6.45, 7) is 6.95. The molecule has 2 N–H and O–H groups in total. The number of ether oxygens (including phenoxy) is 2. The highest BCUT2D eigenvalue weighted by Gasteiger charge is 2.29. The van der Waals surface area contributed by atoms with Gasteiger partial charge in [0.15, 0.2) is 5.96 Å². The Morgan fingerprint density at radius 1 is 1.29 bits per heavy atom. The summed E-state index contributed by atoms with van der Waals surface area (Å²) in [6, 6.07) is 9.57. The molecule has 1 aliphatic rings. The zero-order valence-corrected chi connectivity index (χ0v) is 16.4. The van der Waals surface area contributed by atoms with Crippen molar-refractivity contribution in [1.29, 1.82) is 0 Å². The van der Waals surface area contributed by atoms with Gasteiger partial charge < -0.3 is 20.1 Å². The van der Waals surface area contributed by atoms with Crippen LogP contribution in [0.4, 0.5) is 4.39 Å². The number of halogens is 1. The van der Waals surface area contributed by atoms with E-state index in [4.69, 9.17) is 9.47 Å². The van der Waals surface area contributed by atoms with Crippen molar-refractivity contribution in [2.75, 3.05) is 19.7 Å². The van der Waals surface area contributed by atoms with E-state index in [0.29, 0.717) is 24.7 Å². The van der Waals surface area contributed by atoms with E-state index in [-0.39, 0.29) is 11.4 Å². The van der Waals surface area contributed by atoms with Gasteiger partial charge in [-0.3, -0.25) is 0 Å². The van der Waals surface area contributed by atoms with Crippen LogP contribution in [0.25, 0.3) is 0 Å². The standard InChI is InChI=1S/C21H27FN4O2/c1-3-23-20(26-15-21(2)10-4-12-27-21)25-14-16-9-11-24-19(13-16)28-18-7-5-17(22)6-8-18/h5-9,11,13H,3-4,10,12,14-15H2,1-2H3,(H2,23,25,26). The molecule has 0 bridgehead atoms. The van der Waals surface area contributed by atoms with Gasteiger partial charge in [0.2, 0.25) is 5.88 Å². The van der Waals surface area contributed by atoms with Gasteiger partial charge in [-0.05, 0) is 62.6 Å². The molecule has 1 aromatic carbocycles. The van der Waals surface area contributed by atoms with Crippen LogP contribution in [0, 0.1) is 5.82 Å². The highest BCUT2D eigenvalue weighted by molar-refractivity contribution is 5.79. The number of nitrogens with one attached hydrogen (secondary N) is 2. The normalized spacial score (nSPS) is 19.5. The smallest absolute Gasteiger partial charge is 0.219 e. The van der Waals surface area contributed by atoms with Gasteiger partial charge in [0.25, 0.3) is 0 Å². The third kappa shape index (κ3) is 5.92. The number of pyridine rings is 1. The molecule has 1 aliphatic heterocycles. The molecule has 0 radical (unpaired) electrons. The Hall–Kier alpha value is -2.67. The largest absolute Gasteiger partial charge is 0.439 e. The van der Waals surface area contributed by atoms with Crippen LogP contribution in [-0.4, -0.2) is 36.2 Å². The average Bonchev–Trinajstić information content (AvgIpc) is 3.13. The third-order valence-corrected chi connectivity index (χ3v) is 4.53. The minimum atomic E-state index is -0.302. The van der Waals surface area contributed by atoms with Crippen molar-refractivity contribution in [2.45, 2.75) is 38.8 Å². The van der Waals surface area contributed by atoms with E-state index in [9.17, 15) is 4.39 Å². The lowest BCUT2D eigenvalue weighted by molar-refractivity contribution is 0.0243. The van der Waals surface area contributed by atoms with E-state index in [0.717, 1.165) is 37.5 Å². The van der Waals surface area contributed by atoms with Gasteiger partial charge in [0, 0.05) is 32.0 Å². The predicted molar refractivity (Wildman–Crippen MR) is 107 cm³/mol. The number of hydrogen-bond donors (Lipinski definition) is 2. The van der Waals surface area contributed by atoms with E-state index >= 15 is 0 Å². The molecule has 6 nitrogen and oxygen atoms in total. The Bertz CT molecular complexity index is 789. The van der Waals surface area contributed by atoms with Gasteiger partial charge in [0.05, 0.1) is 12.1 Å². The molecule has 2 aromatic rings. The lowest BCUT2D eigenvalue weighted by Crippen LogP contribution is -2.45. The van der Waals surface area contributed by atoms with E-state index < -0.39 is 0 Å². The average molecular weight is 386 g/mol. The van der Waals surface area contributed by atoms with Gasteiger partial charge in [-0.15, -0.1) is 0 Å². The highest BCUT2D eigenvalue weighted by atomic mass is 19.1. The fourth-order valence-corrected chi connectivity index (χ4v) is 2.99. The maximum Gasteiger partial charge on any atom is 0.219 e. The van der Waals surface area contributed by atoms with Crippen LogP contribution in [0.3, 0.4) is 0 Å². The molecule has 0 spiro atoms. The van der Waals surface area contributed by atoms with Crippen molar-refractivity contribution in [1.82, 2.24) is 15.6 Å². The summed E-state index contributed by atoms with van der Waals surface area (Å²) in [6.07, 6.45) is 3.82. The molecular formula is C21H27FN4O2. The van der Waals surface area contributed by atoms with Crippen molar-refractivity contribution in [3.8, 4) is 11.6 Å². The number of aliphatic imine (C=N–C) groups is 1. The molecule has 28 heavy (non-hydrogen) atoms. The first-order valence-corrected chi connectivity index (χ1v) is 9.61. The SMILES string of the molecule is CCNC(=NCc1ccnc(Oc2ccc(F)cc2)c1)NCC1(C)CCCO1. The molecule has 1 atom stereocenters. The van der Waals surface area contributed by atoms with Crippen LogP contribution < -0.4 is 15.4 Å². The molecule has 0 aliphatic carbocycles. The highest BCUT2D eigenvalue weighted by Crippen LogP contribution is 2.24. The quantitative estimate of drug-likeness (QED) is 0.562. The molecule has 1 saturated heterocycles. The Morgan fingerprint density at radius 3 is 2.82 bits per heavy atom. The van der Waals surface area contributed by atoms with Gasteiger partial charge in [0.1, 0.15) is 11.6 Å². The van der Waals surface area contributed by atoms with Crippen LogP contribution >= 0.6 is 0 Å². The number of rotatable bonds is 7. The van der Waals surface area contributed by atoms with Crippen molar-refractivity contribution >= 4 is 5.96 Å². The third-order valence-electron chi connectivity index (χ3n) is 4.53. The molecule has 0 saturated carbocycles. The van der Waals surface area contributed by atoms with Crippen LogP contribution in [0.2, 0.25) is 0 Å². The molecule has 1 unspecified atom stereocenters. The molecule has 1 aromatic heterocycles. The minimum Gasteiger partial charge on any atom is -0.439 e. The summed E-state index contributed by atoms with van der Waals surface area (Å²) < 4.78 is 24.5. The zero-order chi connectivity index (χ0) is 19.8. The number of aromatic nitrogens is 1. The Balaban J connectivity index is 1.61. The fraction of sp³-hybridized carbons (Fsp3) is 0.429. The van der Waals surface area contributed by atoms with Crippen molar-refractivity contribution in [2.24, 2.45) is 4.99 Å². The molecule has 7 heteroatoms. The maximum absolute atomic E-state index is 13.0. The summed E-state index contributed by atoms with van der Waals surface area (Å²) >= 11 is 0. The summed E-state index contributed by atoms with van der Waals surface area (Å²) in [5.74, 6) is 1.43. The Labute approximate surface area is 165 Å².